The van der Waals surface area contributed by atoms with Crippen molar-refractivity contribution in [1.82, 2.24) is 5.32 Å². The molecule has 0 aromatic heterocycles. The molecule has 386 valence electrons. The Balaban J connectivity index is 3.54. The number of aliphatic hydroxyl groups excluding tert-OH is 2. The molecule has 0 saturated heterocycles. The summed E-state index contributed by atoms with van der Waals surface area (Å²) >= 11 is 0. The Hall–Kier alpha value is -2.18. The Kier molecular flexibility index (Phi) is 53.6. The molecule has 0 aliphatic carbocycles. The summed E-state index contributed by atoms with van der Waals surface area (Å²) in [5.41, 5.74) is 0. The molecule has 0 aliphatic rings. The number of rotatable bonds is 53. The van der Waals surface area contributed by atoms with Crippen LogP contribution in [0.2, 0.25) is 0 Å². The molecule has 6 heteroatoms. The Bertz CT molecular complexity index is 1110. The van der Waals surface area contributed by atoms with Crippen LogP contribution in [-0.4, -0.2) is 47.4 Å². The van der Waals surface area contributed by atoms with Crippen LogP contribution in [0, 0.1) is 0 Å². The van der Waals surface area contributed by atoms with Gasteiger partial charge in [-0.2, -0.15) is 0 Å². The van der Waals surface area contributed by atoms with Crippen LogP contribution in [0.4, 0.5) is 0 Å². The first-order chi connectivity index (χ1) is 32.5. The van der Waals surface area contributed by atoms with Crippen LogP contribution in [0.3, 0.4) is 0 Å². The van der Waals surface area contributed by atoms with Crippen LogP contribution >= 0.6 is 0 Å². The zero-order valence-corrected chi connectivity index (χ0v) is 43.9. The van der Waals surface area contributed by atoms with Gasteiger partial charge in [0.05, 0.1) is 25.4 Å². The topological polar surface area (TPSA) is 95.9 Å². The van der Waals surface area contributed by atoms with E-state index in [0.29, 0.717) is 19.4 Å². The zero-order chi connectivity index (χ0) is 47.9. The second kappa shape index (κ2) is 55.4. The molecular formula is C60H111NO5. The Morgan fingerprint density at radius 1 is 0.424 bits per heavy atom. The highest BCUT2D eigenvalue weighted by atomic mass is 16.5. The molecular weight excluding hydrogens is 815 g/mol. The number of unbranched alkanes of at least 4 members (excludes halogenated alkanes) is 37. The third-order valence-electron chi connectivity index (χ3n) is 13.1. The Labute approximate surface area is 410 Å². The summed E-state index contributed by atoms with van der Waals surface area (Å²) in [6.07, 6.45) is 69.9. The number of allylic oxidation sites excluding steroid dienone is 7. The van der Waals surface area contributed by atoms with E-state index < -0.39 is 12.1 Å². The maximum absolute atomic E-state index is 12.4. The number of carbonyl (C=O) groups excluding carboxylic acids is 2. The number of nitrogens with one attached hydrogen (secondary N) is 1. The third kappa shape index (κ3) is 51.2. The predicted molar refractivity (Wildman–Crippen MR) is 287 cm³/mol. The van der Waals surface area contributed by atoms with Crippen molar-refractivity contribution in [3.63, 3.8) is 0 Å². The summed E-state index contributed by atoms with van der Waals surface area (Å²) in [6, 6.07) is -0.645. The molecule has 0 radical (unpaired) electrons. The van der Waals surface area contributed by atoms with Gasteiger partial charge in [0.1, 0.15) is 0 Å². The molecule has 0 aliphatic heterocycles. The predicted octanol–water partition coefficient (Wildman–Crippen LogP) is 17.8. The van der Waals surface area contributed by atoms with Gasteiger partial charge in [0.2, 0.25) is 5.91 Å². The van der Waals surface area contributed by atoms with E-state index in [0.717, 1.165) is 77.0 Å². The van der Waals surface area contributed by atoms with Gasteiger partial charge in [-0.3, -0.25) is 9.59 Å². The van der Waals surface area contributed by atoms with Crippen LogP contribution in [0.1, 0.15) is 296 Å². The molecule has 0 rings (SSSR count). The highest BCUT2D eigenvalue weighted by Crippen LogP contribution is 2.16. The second-order valence-electron chi connectivity index (χ2n) is 19.6. The zero-order valence-electron chi connectivity index (χ0n) is 43.9. The van der Waals surface area contributed by atoms with Gasteiger partial charge in [-0.25, -0.2) is 0 Å². The molecule has 3 N–H and O–H groups in total. The van der Waals surface area contributed by atoms with Gasteiger partial charge in [0.15, 0.2) is 0 Å². The average molecular weight is 927 g/mol. The number of amides is 1. The standard InChI is InChI=1S/C60H111NO5/c1-3-5-7-9-11-13-15-17-19-21-22-26-30-34-38-42-46-50-54-60(65)66-55-51-47-43-39-35-31-27-23-25-29-33-37-41-45-49-53-59(64)61-57(56-62)58(63)52-48-44-40-36-32-28-24-20-18-16-14-12-10-8-6-4-2/h19,21,23,27,31,35,48,52,57-58,62-63H,3-18,20,22,24-26,28-30,32-34,36-47,49-51,53-56H2,1-2H3,(H,61,64)/b21-19-,27-23-,35-31-,52-48+. The lowest BCUT2D eigenvalue weighted by atomic mass is 10.0. The molecule has 1 amide bonds. The summed E-state index contributed by atoms with van der Waals surface area (Å²) < 4.78 is 5.46. The van der Waals surface area contributed by atoms with Crippen molar-refractivity contribution in [3.8, 4) is 0 Å². The van der Waals surface area contributed by atoms with Crippen molar-refractivity contribution >= 4 is 11.9 Å². The van der Waals surface area contributed by atoms with Gasteiger partial charge in [-0.1, -0.05) is 242 Å². The average Bonchev–Trinajstić information content (AvgIpc) is 3.32. The van der Waals surface area contributed by atoms with Crippen molar-refractivity contribution < 1.29 is 24.5 Å². The molecule has 0 saturated carbocycles. The minimum Gasteiger partial charge on any atom is -0.466 e. The van der Waals surface area contributed by atoms with Crippen LogP contribution in [0.25, 0.3) is 0 Å². The summed E-state index contributed by atoms with van der Waals surface area (Å²) in [5.74, 6) is -0.117. The van der Waals surface area contributed by atoms with E-state index in [4.69, 9.17) is 4.74 Å². The summed E-state index contributed by atoms with van der Waals surface area (Å²) in [4.78, 5) is 24.5. The van der Waals surface area contributed by atoms with Crippen molar-refractivity contribution in [2.24, 2.45) is 0 Å². The fourth-order valence-electron chi connectivity index (χ4n) is 8.62. The van der Waals surface area contributed by atoms with E-state index in [9.17, 15) is 19.8 Å². The van der Waals surface area contributed by atoms with Crippen molar-refractivity contribution in [2.45, 2.75) is 309 Å². The van der Waals surface area contributed by atoms with E-state index in [1.807, 2.05) is 6.08 Å². The minimum absolute atomic E-state index is 0.0261. The first-order valence-electron chi connectivity index (χ1n) is 28.9. The normalized spacial score (nSPS) is 13.0. The Morgan fingerprint density at radius 3 is 1.17 bits per heavy atom. The van der Waals surface area contributed by atoms with Crippen molar-refractivity contribution in [3.05, 3.63) is 48.6 Å². The first kappa shape index (κ1) is 63.8. The van der Waals surface area contributed by atoms with Gasteiger partial charge in [-0.05, 0) is 89.9 Å². The molecule has 2 atom stereocenters. The molecule has 0 heterocycles. The second-order valence-corrected chi connectivity index (χ2v) is 19.6. The smallest absolute Gasteiger partial charge is 0.305 e. The van der Waals surface area contributed by atoms with E-state index in [1.165, 1.54) is 193 Å². The SMILES string of the molecule is CCCCCCCCC/C=C\CCCCCCCCCC(=O)OCCCCC/C=C\C=C/CCCCCCCCC(=O)NC(CO)C(O)/C=C/CCCCCCCCCCCCCCCC. The molecule has 0 aromatic rings. The molecule has 0 fully saturated rings. The largest absolute Gasteiger partial charge is 0.466 e. The molecule has 0 spiro atoms. The number of aliphatic hydroxyl groups is 2. The lowest BCUT2D eigenvalue weighted by molar-refractivity contribution is -0.143. The summed E-state index contributed by atoms with van der Waals surface area (Å²) in [5, 5.41) is 23.1. The van der Waals surface area contributed by atoms with Gasteiger partial charge >= 0.3 is 5.97 Å². The Morgan fingerprint density at radius 2 is 0.758 bits per heavy atom. The number of hydrogen-bond donors (Lipinski definition) is 3. The van der Waals surface area contributed by atoms with Crippen LogP contribution in [-0.2, 0) is 14.3 Å². The maximum Gasteiger partial charge on any atom is 0.305 e. The minimum atomic E-state index is -0.860. The van der Waals surface area contributed by atoms with E-state index in [-0.39, 0.29) is 18.5 Å². The molecule has 66 heavy (non-hydrogen) atoms. The fraction of sp³-hybridized carbons (Fsp3) is 0.833. The van der Waals surface area contributed by atoms with Crippen LogP contribution in [0.5, 0.6) is 0 Å². The molecule has 6 nitrogen and oxygen atoms in total. The highest BCUT2D eigenvalue weighted by Gasteiger charge is 2.18. The quantitative estimate of drug-likeness (QED) is 0.0244. The number of carbonyl (C=O) groups is 2. The van der Waals surface area contributed by atoms with Gasteiger partial charge in [0, 0.05) is 12.8 Å². The van der Waals surface area contributed by atoms with Crippen LogP contribution < -0.4 is 5.32 Å². The summed E-state index contributed by atoms with van der Waals surface area (Å²) in [6.45, 7) is 4.85. The third-order valence-corrected chi connectivity index (χ3v) is 13.1. The van der Waals surface area contributed by atoms with E-state index in [2.05, 4.69) is 55.6 Å². The monoisotopic (exact) mass is 926 g/mol. The van der Waals surface area contributed by atoms with Crippen LogP contribution in [0.15, 0.2) is 48.6 Å². The highest BCUT2D eigenvalue weighted by molar-refractivity contribution is 5.76. The van der Waals surface area contributed by atoms with E-state index >= 15 is 0 Å². The van der Waals surface area contributed by atoms with Crippen molar-refractivity contribution in [2.75, 3.05) is 13.2 Å². The first-order valence-corrected chi connectivity index (χ1v) is 28.9. The maximum atomic E-state index is 12.4. The van der Waals surface area contributed by atoms with Gasteiger partial charge < -0.3 is 20.3 Å². The van der Waals surface area contributed by atoms with Crippen molar-refractivity contribution in [1.29, 1.82) is 0 Å². The van der Waals surface area contributed by atoms with Gasteiger partial charge in [-0.15, -0.1) is 0 Å². The van der Waals surface area contributed by atoms with Gasteiger partial charge in [0.25, 0.3) is 0 Å². The number of ether oxygens (including phenoxy) is 1. The number of esters is 1. The van der Waals surface area contributed by atoms with E-state index in [1.54, 1.807) is 6.08 Å². The fourth-order valence-corrected chi connectivity index (χ4v) is 8.62. The summed E-state index contributed by atoms with van der Waals surface area (Å²) in [7, 11) is 0. The lowest BCUT2D eigenvalue weighted by Crippen LogP contribution is -2.45. The molecule has 0 aromatic carbocycles. The molecule has 2 unspecified atom stereocenters. The lowest BCUT2D eigenvalue weighted by Gasteiger charge is -2.20. The number of hydrogen-bond acceptors (Lipinski definition) is 5. The molecule has 0 bridgehead atoms.